The minimum absolute atomic E-state index is 0.0938. The fourth-order valence-corrected chi connectivity index (χ4v) is 1.69. The van der Waals surface area contributed by atoms with Crippen LogP contribution in [-0.2, 0) is 4.79 Å². The maximum Gasteiger partial charge on any atom is 0.340 e. The number of amides is 1. The van der Waals surface area contributed by atoms with Gasteiger partial charge in [-0.25, -0.2) is 4.79 Å². The van der Waals surface area contributed by atoms with E-state index in [-0.39, 0.29) is 12.1 Å². The Morgan fingerprint density at radius 1 is 1.64 bits per heavy atom. The summed E-state index contributed by atoms with van der Waals surface area (Å²) in [5.74, 6) is -1.62. The zero-order chi connectivity index (χ0) is 10.7. The van der Waals surface area contributed by atoms with Crippen molar-refractivity contribution in [2.45, 2.75) is 6.92 Å². The van der Waals surface area contributed by atoms with Crippen molar-refractivity contribution in [1.82, 2.24) is 4.37 Å². The molecule has 1 aromatic rings. The van der Waals surface area contributed by atoms with Crippen LogP contribution in [0.15, 0.2) is 0 Å². The molecule has 0 bridgehead atoms. The van der Waals surface area contributed by atoms with E-state index in [1.807, 2.05) is 0 Å². The van der Waals surface area contributed by atoms with Gasteiger partial charge in [-0.2, -0.15) is 4.37 Å². The summed E-state index contributed by atoms with van der Waals surface area (Å²) < 4.78 is 3.86. The number of rotatable bonds is 4. The molecule has 1 rings (SSSR count). The van der Waals surface area contributed by atoms with Gasteiger partial charge in [0.25, 0.3) is 0 Å². The second-order valence-electron chi connectivity index (χ2n) is 2.60. The fourth-order valence-electron chi connectivity index (χ4n) is 0.910. The molecule has 14 heavy (non-hydrogen) atoms. The lowest BCUT2D eigenvalue weighted by atomic mass is 10.2. The molecular formula is C7H9N3O3S. The predicted octanol–water partition coefficient (Wildman–Crippen LogP) is 0.0469. The largest absolute Gasteiger partial charge is 0.478 e. The first kappa shape index (κ1) is 10.5. The topological polar surface area (TPSA) is 105 Å². The molecule has 0 aromatic carbocycles. The first-order valence-corrected chi connectivity index (χ1v) is 4.51. The molecule has 0 saturated heterocycles. The van der Waals surface area contributed by atoms with Crippen molar-refractivity contribution >= 4 is 28.4 Å². The molecule has 0 saturated carbocycles. The molecule has 76 valence electrons. The Balaban J connectivity index is 2.86. The number of aromatic carboxylic acids is 1. The number of carboxylic acids is 1. The minimum Gasteiger partial charge on any atom is -0.478 e. The van der Waals surface area contributed by atoms with Gasteiger partial charge >= 0.3 is 5.97 Å². The predicted molar refractivity (Wildman–Crippen MR) is 51.5 cm³/mol. The van der Waals surface area contributed by atoms with Gasteiger partial charge < -0.3 is 16.2 Å². The highest BCUT2D eigenvalue weighted by Gasteiger charge is 2.17. The molecule has 1 amide bonds. The van der Waals surface area contributed by atoms with Crippen LogP contribution in [-0.4, -0.2) is 27.9 Å². The van der Waals surface area contributed by atoms with Crippen molar-refractivity contribution in [3.05, 3.63) is 11.3 Å². The molecule has 0 unspecified atom stereocenters. The Morgan fingerprint density at radius 2 is 2.29 bits per heavy atom. The number of carboxylic acid groups (broad SMARTS) is 1. The van der Waals surface area contributed by atoms with Gasteiger partial charge in [0, 0.05) is 0 Å². The maximum absolute atomic E-state index is 10.8. The van der Waals surface area contributed by atoms with E-state index in [1.54, 1.807) is 6.92 Å². The van der Waals surface area contributed by atoms with Gasteiger partial charge in [-0.15, -0.1) is 0 Å². The third-order valence-electron chi connectivity index (χ3n) is 1.50. The average Bonchev–Trinajstić information content (AvgIpc) is 2.43. The summed E-state index contributed by atoms with van der Waals surface area (Å²) in [6.07, 6.45) is 0. The normalized spacial score (nSPS) is 9.79. The molecule has 7 heteroatoms. The highest BCUT2D eigenvalue weighted by atomic mass is 32.1. The Labute approximate surface area is 83.9 Å². The molecule has 0 fully saturated rings. The highest BCUT2D eigenvalue weighted by molar-refractivity contribution is 7.10. The fraction of sp³-hybridized carbons (Fsp3) is 0.286. The lowest BCUT2D eigenvalue weighted by molar-refractivity contribution is -0.116. The number of nitrogens with one attached hydrogen (secondary N) is 1. The number of carbonyl (C=O) groups is 2. The summed E-state index contributed by atoms with van der Waals surface area (Å²) in [6.45, 7) is 1.50. The number of nitrogens with two attached hydrogens (primary N) is 1. The van der Waals surface area contributed by atoms with E-state index in [4.69, 9.17) is 10.8 Å². The van der Waals surface area contributed by atoms with Crippen LogP contribution < -0.4 is 11.1 Å². The van der Waals surface area contributed by atoms with E-state index < -0.39 is 11.9 Å². The van der Waals surface area contributed by atoms with Crippen molar-refractivity contribution in [3.63, 3.8) is 0 Å². The lowest BCUT2D eigenvalue weighted by Gasteiger charge is -2.00. The Hall–Kier alpha value is -1.63. The van der Waals surface area contributed by atoms with Crippen molar-refractivity contribution in [2.75, 3.05) is 11.9 Å². The third kappa shape index (κ3) is 2.19. The summed E-state index contributed by atoms with van der Waals surface area (Å²) in [4.78, 5) is 21.2. The van der Waals surface area contributed by atoms with Gasteiger partial charge in [-0.05, 0) is 18.5 Å². The number of anilines is 1. The van der Waals surface area contributed by atoms with Crippen LogP contribution in [0.25, 0.3) is 0 Å². The Bertz CT molecular complexity index is 374. The first-order chi connectivity index (χ1) is 6.52. The van der Waals surface area contributed by atoms with E-state index in [0.717, 1.165) is 11.5 Å². The molecular weight excluding hydrogens is 206 g/mol. The zero-order valence-corrected chi connectivity index (χ0v) is 8.22. The van der Waals surface area contributed by atoms with Crippen molar-refractivity contribution < 1.29 is 14.7 Å². The van der Waals surface area contributed by atoms with Crippen LogP contribution in [0.5, 0.6) is 0 Å². The SMILES string of the molecule is Cc1nsc(NCC(N)=O)c1C(=O)O. The molecule has 0 radical (unpaired) electrons. The van der Waals surface area contributed by atoms with Crippen LogP contribution >= 0.6 is 11.5 Å². The van der Waals surface area contributed by atoms with E-state index in [1.165, 1.54) is 0 Å². The standard InChI is InChI=1S/C7H9N3O3S/c1-3-5(7(12)13)6(14-10-3)9-2-4(8)11/h9H,2H2,1H3,(H2,8,11)(H,12,13). The molecule has 6 nitrogen and oxygen atoms in total. The summed E-state index contributed by atoms with van der Waals surface area (Å²) in [7, 11) is 0. The quantitative estimate of drug-likeness (QED) is 0.658. The number of hydrogen-bond acceptors (Lipinski definition) is 5. The van der Waals surface area contributed by atoms with Crippen LogP contribution in [0.2, 0.25) is 0 Å². The summed E-state index contributed by atoms with van der Waals surface area (Å²) in [6, 6.07) is 0. The maximum atomic E-state index is 10.8. The van der Waals surface area contributed by atoms with Crippen LogP contribution in [0.3, 0.4) is 0 Å². The van der Waals surface area contributed by atoms with Crippen LogP contribution in [0.1, 0.15) is 16.1 Å². The van der Waals surface area contributed by atoms with Gasteiger partial charge in [-0.1, -0.05) is 0 Å². The number of nitrogens with zero attached hydrogens (tertiary/aromatic N) is 1. The smallest absolute Gasteiger partial charge is 0.340 e. The molecule has 1 aromatic heterocycles. The lowest BCUT2D eigenvalue weighted by Crippen LogP contribution is -2.22. The molecule has 0 spiro atoms. The van der Waals surface area contributed by atoms with Crippen molar-refractivity contribution in [2.24, 2.45) is 5.73 Å². The van der Waals surface area contributed by atoms with Crippen LogP contribution in [0, 0.1) is 6.92 Å². The third-order valence-corrected chi connectivity index (χ3v) is 2.40. The van der Waals surface area contributed by atoms with Crippen molar-refractivity contribution in [3.8, 4) is 0 Å². The van der Waals surface area contributed by atoms with Gasteiger partial charge in [0.2, 0.25) is 5.91 Å². The molecule has 0 aliphatic rings. The van der Waals surface area contributed by atoms with Crippen molar-refractivity contribution in [1.29, 1.82) is 0 Å². The molecule has 1 heterocycles. The summed E-state index contributed by atoms with van der Waals surface area (Å²) >= 11 is 0.997. The Morgan fingerprint density at radius 3 is 2.79 bits per heavy atom. The second-order valence-corrected chi connectivity index (χ2v) is 3.37. The monoisotopic (exact) mass is 215 g/mol. The number of aromatic nitrogens is 1. The Kier molecular flexibility index (Phi) is 3.03. The van der Waals surface area contributed by atoms with Crippen LogP contribution in [0.4, 0.5) is 5.00 Å². The van der Waals surface area contributed by atoms with E-state index in [9.17, 15) is 9.59 Å². The first-order valence-electron chi connectivity index (χ1n) is 3.74. The molecule has 0 aliphatic carbocycles. The van der Waals surface area contributed by atoms with Gasteiger partial charge in [0.1, 0.15) is 10.6 Å². The number of carbonyl (C=O) groups excluding carboxylic acids is 1. The van der Waals surface area contributed by atoms with E-state index in [2.05, 4.69) is 9.69 Å². The van der Waals surface area contributed by atoms with Gasteiger partial charge in [-0.3, -0.25) is 4.79 Å². The zero-order valence-electron chi connectivity index (χ0n) is 7.40. The average molecular weight is 215 g/mol. The summed E-state index contributed by atoms with van der Waals surface area (Å²) in [5.41, 5.74) is 5.43. The number of hydrogen-bond donors (Lipinski definition) is 3. The second kappa shape index (κ2) is 4.05. The minimum atomic E-state index is -1.07. The highest BCUT2D eigenvalue weighted by Crippen LogP contribution is 2.23. The van der Waals surface area contributed by atoms with E-state index in [0.29, 0.717) is 10.7 Å². The summed E-state index contributed by atoms with van der Waals surface area (Å²) in [5, 5.41) is 11.8. The number of primary amides is 1. The molecule has 0 aliphatic heterocycles. The molecule has 0 atom stereocenters. The van der Waals surface area contributed by atoms with Gasteiger partial charge in [0.05, 0.1) is 12.2 Å². The molecule has 4 N–H and O–H groups in total. The number of aryl methyl sites for hydroxylation is 1. The van der Waals surface area contributed by atoms with E-state index >= 15 is 0 Å². The van der Waals surface area contributed by atoms with Gasteiger partial charge in [0.15, 0.2) is 0 Å².